The van der Waals surface area contributed by atoms with E-state index in [1.54, 1.807) is 6.92 Å². The summed E-state index contributed by atoms with van der Waals surface area (Å²) >= 11 is 0. The Hall–Kier alpha value is -2.29. The van der Waals surface area contributed by atoms with E-state index >= 15 is 0 Å². The van der Waals surface area contributed by atoms with Gasteiger partial charge in [0.15, 0.2) is 0 Å². The van der Waals surface area contributed by atoms with Gasteiger partial charge in [-0.25, -0.2) is 0 Å². The molecular formula is C26H32O3. The maximum Gasteiger partial charge on any atom is 0.310 e. The monoisotopic (exact) mass is 392 g/mol. The lowest BCUT2D eigenvalue weighted by molar-refractivity contribution is -0.138. The van der Waals surface area contributed by atoms with Crippen LogP contribution < -0.4 is 4.74 Å². The van der Waals surface area contributed by atoms with Gasteiger partial charge in [-0.15, -0.1) is 0 Å². The van der Waals surface area contributed by atoms with Gasteiger partial charge < -0.3 is 9.84 Å². The predicted octanol–water partition coefficient (Wildman–Crippen LogP) is 5.92. The van der Waals surface area contributed by atoms with Crippen molar-refractivity contribution in [3.05, 3.63) is 64.2 Å². The highest BCUT2D eigenvalue weighted by atomic mass is 16.5. The SMILES string of the molecule is CC(C(=O)O)c1ccc2c(c1)C(C)(c1ccc3c(c1)C(C)(C)CCC3(C)C)CO2. The normalized spacial score (nSPS) is 24.9. The molecular weight excluding hydrogens is 360 g/mol. The van der Waals surface area contributed by atoms with Crippen LogP contribution in [0.5, 0.6) is 5.75 Å². The van der Waals surface area contributed by atoms with Gasteiger partial charge in [0.1, 0.15) is 12.4 Å². The van der Waals surface area contributed by atoms with Gasteiger partial charge in [-0.1, -0.05) is 58.0 Å². The molecule has 0 spiro atoms. The quantitative estimate of drug-likeness (QED) is 0.705. The number of carbonyl (C=O) groups is 1. The molecule has 2 atom stereocenters. The summed E-state index contributed by atoms with van der Waals surface area (Å²) in [5, 5.41) is 9.44. The highest BCUT2D eigenvalue weighted by Gasteiger charge is 2.42. The maximum absolute atomic E-state index is 11.5. The van der Waals surface area contributed by atoms with Crippen molar-refractivity contribution in [1.29, 1.82) is 0 Å². The van der Waals surface area contributed by atoms with E-state index in [1.165, 1.54) is 29.5 Å². The molecule has 1 N–H and O–H groups in total. The van der Waals surface area contributed by atoms with Crippen molar-refractivity contribution in [3.8, 4) is 5.75 Å². The van der Waals surface area contributed by atoms with Crippen LogP contribution in [0.2, 0.25) is 0 Å². The second-order valence-corrected chi connectivity index (χ2v) is 10.5. The van der Waals surface area contributed by atoms with Crippen molar-refractivity contribution in [2.75, 3.05) is 6.61 Å². The van der Waals surface area contributed by atoms with E-state index < -0.39 is 11.9 Å². The Bertz CT molecular complexity index is 985. The number of hydrogen-bond acceptors (Lipinski definition) is 2. The third-order valence-electron chi connectivity index (χ3n) is 7.47. The fourth-order valence-electron chi connectivity index (χ4n) is 4.99. The number of carboxylic acid groups (broad SMARTS) is 1. The summed E-state index contributed by atoms with van der Waals surface area (Å²) in [7, 11) is 0. The van der Waals surface area contributed by atoms with E-state index in [0.29, 0.717) is 6.61 Å². The molecule has 29 heavy (non-hydrogen) atoms. The summed E-state index contributed by atoms with van der Waals surface area (Å²) in [6.45, 7) is 13.9. The van der Waals surface area contributed by atoms with Crippen LogP contribution in [0.15, 0.2) is 36.4 Å². The molecule has 3 heteroatoms. The Morgan fingerprint density at radius 1 is 0.931 bits per heavy atom. The summed E-state index contributed by atoms with van der Waals surface area (Å²) in [5.74, 6) is -0.470. The molecule has 1 aliphatic carbocycles. The van der Waals surface area contributed by atoms with Crippen molar-refractivity contribution in [3.63, 3.8) is 0 Å². The Labute approximate surface area is 174 Å². The number of fused-ring (bicyclic) bond motifs is 2. The van der Waals surface area contributed by atoms with Gasteiger partial charge in [0.05, 0.1) is 11.3 Å². The molecule has 1 aliphatic heterocycles. The van der Waals surface area contributed by atoms with Crippen LogP contribution in [-0.4, -0.2) is 17.7 Å². The molecule has 0 amide bonds. The maximum atomic E-state index is 11.5. The zero-order valence-corrected chi connectivity index (χ0v) is 18.4. The molecule has 2 aromatic carbocycles. The van der Waals surface area contributed by atoms with Gasteiger partial charge >= 0.3 is 5.97 Å². The summed E-state index contributed by atoms with van der Waals surface area (Å²) in [5.41, 5.74) is 6.13. The van der Waals surface area contributed by atoms with Crippen LogP contribution in [0.3, 0.4) is 0 Å². The van der Waals surface area contributed by atoms with Crippen LogP contribution in [-0.2, 0) is 21.0 Å². The standard InChI is InChI=1S/C26H32O3/c1-16(23(27)28)17-7-10-22-21(13-17)26(6,15-29-22)18-8-9-19-20(14-18)25(4,5)12-11-24(19,2)3/h7-10,13-14,16H,11-12,15H2,1-6H3,(H,27,28). The first-order chi connectivity index (χ1) is 13.5. The third kappa shape index (κ3) is 3.06. The molecule has 0 saturated carbocycles. The van der Waals surface area contributed by atoms with Gasteiger partial charge in [-0.05, 0) is 65.8 Å². The van der Waals surface area contributed by atoms with Crippen LogP contribution in [0.1, 0.15) is 88.1 Å². The van der Waals surface area contributed by atoms with Crippen molar-refractivity contribution < 1.29 is 14.6 Å². The number of carboxylic acids is 1. The average Bonchev–Trinajstić information content (AvgIpc) is 3.02. The van der Waals surface area contributed by atoms with Crippen LogP contribution >= 0.6 is 0 Å². The molecule has 0 radical (unpaired) electrons. The lowest BCUT2D eigenvalue weighted by atomic mass is 9.62. The Morgan fingerprint density at radius 2 is 1.59 bits per heavy atom. The van der Waals surface area contributed by atoms with Crippen molar-refractivity contribution in [1.82, 2.24) is 0 Å². The molecule has 4 rings (SSSR count). The van der Waals surface area contributed by atoms with Gasteiger partial charge in [0.2, 0.25) is 0 Å². The van der Waals surface area contributed by atoms with Crippen LogP contribution in [0, 0.1) is 0 Å². The molecule has 2 aromatic rings. The summed E-state index contributed by atoms with van der Waals surface area (Å²) in [6.07, 6.45) is 2.38. The lowest BCUT2D eigenvalue weighted by Gasteiger charge is -2.42. The number of rotatable bonds is 3. The number of benzene rings is 2. The highest BCUT2D eigenvalue weighted by molar-refractivity contribution is 5.76. The Balaban J connectivity index is 1.84. The van der Waals surface area contributed by atoms with Gasteiger partial charge in [-0.2, -0.15) is 0 Å². The topological polar surface area (TPSA) is 46.5 Å². The van der Waals surface area contributed by atoms with E-state index in [2.05, 4.69) is 52.8 Å². The molecule has 3 nitrogen and oxygen atoms in total. The van der Waals surface area contributed by atoms with E-state index in [-0.39, 0.29) is 16.2 Å². The molecule has 2 aliphatic rings. The van der Waals surface area contributed by atoms with Crippen LogP contribution in [0.25, 0.3) is 0 Å². The van der Waals surface area contributed by atoms with E-state index in [0.717, 1.165) is 16.9 Å². The molecule has 0 fully saturated rings. The Kier molecular flexibility index (Phi) is 4.38. The fraction of sp³-hybridized carbons (Fsp3) is 0.500. The molecule has 1 heterocycles. The number of hydrogen-bond donors (Lipinski definition) is 1. The summed E-state index contributed by atoms with van der Waals surface area (Å²) in [4.78, 5) is 11.5. The first kappa shape index (κ1) is 20.0. The zero-order chi connectivity index (χ0) is 21.2. The van der Waals surface area contributed by atoms with Gasteiger partial charge in [-0.3, -0.25) is 4.79 Å². The third-order valence-corrected chi connectivity index (χ3v) is 7.47. The van der Waals surface area contributed by atoms with E-state index in [4.69, 9.17) is 4.74 Å². The number of aliphatic carboxylic acids is 1. The minimum Gasteiger partial charge on any atom is -0.492 e. The summed E-state index contributed by atoms with van der Waals surface area (Å²) in [6, 6.07) is 12.8. The largest absolute Gasteiger partial charge is 0.492 e. The van der Waals surface area contributed by atoms with Crippen LogP contribution in [0.4, 0.5) is 0 Å². The first-order valence-electron chi connectivity index (χ1n) is 10.6. The fourth-order valence-corrected chi connectivity index (χ4v) is 4.99. The predicted molar refractivity (Wildman–Crippen MR) is 116 cm³/mol. The molecule has 0 aromatic heterocycles. The number of ether oxygens (including phenoxy) is 1. The smallest absolute Gasteiger partial charge is 0.310 e. The second-order valence-electron chi connectivity index (χ2n) is 10.5. The minimum atomic E-state index is -0.802. The highest BCUT2D eigenvalue weighted by Crippen LogP contribution is 2.49. The van der Waals surface area contributed by atoms with Crippen molar-refractivity contribution in [2.45, 2.75) is 76.5 Å². The van der Waals surface area contributed by atoms with Gasteiger partial charge in [0, 0.05) is 5.56 Å². The first-order valence-corrected chi connectivity index (χ1v) is 10.6. The lowest BCUT2D eigenvalue weighted by Crippen LogP contribution is -2.35. The van der Waals surface area contributed by atoms with Crippen molar-refractivity contribution in [2.24, 2.45) is 0 Å². The van der Waals surface area contributed by atoms with Gasteiger partial charge in [0.25, 0.3) is 0 Å². The molecule has 0 bridgehead atoms. The zero-order valence-electron chi connectivity index (χ0n) is 18.4. The van der Waals surface area contributed by atoms with Crippen molar-refractivity contribution >= 4 is 5.97 Å². The second kappa shape index (κ2) is 6.35. The van der Waals surface area contributed by atoms with E-state index in [9.17, 15) is 9.90 Å². The average molecular weight is 393 g/mol. The summed E-state index contributed by atoms with van der Waals surface area (Å²) < 4.78 is 6.05. The molecule has 2 unspecified atom stereocenters. The molecule has 0 saturated heterocycles. The molecule has 154 valence electrons. The minimum absolute atomic E-state index is 0.152. The Morgan fingerprint density at radius 3 is 2.24 bits per heavy atom. The van der Waals surface area contributed by atoms with E-state index in [1.807, 2.05) is 18.2 Å².